The molecule has 1 aromatic rings. The second-order valence-electron chi connectivity index (χ2n) is 3.99. The van der Waals surface area contributed by atoms with Gasteiger partial charge in [-0.2, -0.15) is 0 Å². The fourth-order valence-corrected chi connectivity index (χ4v) is 1.35. The molecule has 0 radical (unpaired) electrons. The number of aromatic nitrogens is 1. The van der Waals surface area contributed by atoms with Crippen molar-refractivity contribution >= 4 is 5.82 Å². The van der Waals surface area contributed by atoms with Gasteiger partial charge in [-0.1, -0.05) is 0 Å². The van der Waals surface area contributed by atoms with Crippen molar-refractivity contribution in [3.8, 4) is 5.75 Å². The van der Waals surface area contributed by atoms with Gasteiger partial charge in [0.05, 0.1) is 6.10 Å². The summed E-state index contributed by atoms with van der Waals surface area (Å²) in [6.45, 7) is 2.06. The van der Waals surface area contributed by atoms with E-state index in [1.54, 1.807) is 0 Å². The summed E-state index contributed by atoms with van der Waals surface area (Å²) in [5.74, 6) is 1.87. The number of nitrogens with zero attached hydrogens (tertiary/aromatic N) is 2. The first-order valence-corrected chi connectivity index (χ1v) is 4.98. The van der Waals surface area contributed by atoms with E-state index in [1.807, 2.05) is 31.3 Å². The van der Waals surface area contributed by atoms with Gasteiger partial charge < -0.3 is 9.64 Å². The van der Waals surface area contributed by atoms with E-state index in [1.165, 1.54) is 12.8 Å². The van der Waals surface area contributed by atoms with Crippen LogP contribution in [0.2, 0.25) is 0 Å². The summed E-state index contributed by atoms with van der Waals surface area (Å²) in [5, 5.41) is 0. The molecule has 1 aromatic heterocycles. The van der Waals surface area contributed by atoms with Crippen molar-refractivity contribution in [2.75, 3.05) is 19.0 Å². The lowest BCUT2D eigenvalue weighted by molar-refractivity contribution is 0.300. The third-order valence-electron chi connectivity index (χ3n) is 2.32. The first-order valence-electron chi connectivity index (χ1n) is 4.98. The first-order chi connectivity index (χ1) is 6.68. The van der Waals surface area contributed by atoms with Crippen molar-refractivity contribution in [2.24, 2.45) is 0 Å². The van der Waals surface area contributed by atoms with Crippen LogP contribution in [0.1, 0.15) is 18.4 Å². The summed E-state index contributed by atoms with van der Waals surface area (Å²) in [7, 11) is 3.98. The topological polar surface area (TPSA) is 25.4 Å². The maximum Gasteiger partial charge on any atom is 0.171 e. The number of pyridine rings is 1. The molecule has 0 bridgehead atoms. The van der Waals surface area contributed by atoms with Crippen LogP contribution >= 0.6 is 0 Å². The van der Waals surface area contributed by atoms with Crippen molar-refractivity contribution in [1.29, 1.82) is 0 Å². The van der Waals surface area contributed by atoms with Gasteiger partial charge in [-0.05, 0) is 31.4 Å². The molecule has 0 spiro atoms. The van der Waals surface area contributed by atoms with E-state index in [4.69, 9.17) is 4.74 Å². The monoisotopic (exact) mass is 192 g/mol. The molecule has 1 fully saturated rings. The quantitative estimate of drug-likeness (QED) is 0.732. The largest absolute Gasteiger partial charge is 0.486 e. The Morgan fingerprint density at radius 2 is 2.14 bits per heavy atom. The van der Waals surface area contributed by atoms with Crippen molar-refractivity contribution in [2.45, 2.75) is 25.9 Å². The van der Waals surface area contributed by atoms with Crippen molar-refractivity contribution < 1.29 is 4.74 Å². The zero-order chi connectivity index (χ0) is 10.1. The fourth-order valence-electron chi connectivity index (χ4n) is 1.35. The Bertz CT molecular complexity index is 332. The summed E-state index contributed by atoms with van der Waals surface area (Å²) in [4.78, 5) is 6.31. The second kappa shape index (κ2) is 3.48. The van der Waals surface area contributed by atoms with Crippen LogP contribution in [0.15, 0.2) is 12.3 Å². The smallest absolute Gasteiger partial charge is 0.171 e. The highest BCUT2D eigenvalue weighted by molar-refractivity contribution is 5.55. The van der Waals surface area contributed by atoms with E-state index < -0.39 is 0 Å². The minimum atomic E-state index is 0.427. The van der Waals surface area contributed by atoms with Gasteiger partial charge >= 0.3 is 0 Å². The summed E-state index contributed by atoms with van der Waals surface area (Å²) >= 11 is 0. The molecule has 0 atom stereocenters. The van der Waals surface area contributed by atoms with E-state index in [0.29, 0.717) is 6.10 Å². The van der Waals surface area contributed by atoms with Crippen molar-refractivity contribution in [3.63, 3.8) is 0 Å². The van der Waals surface area contributed by atoms with E-state index in [2.05, 4.69) is 11.9 Å². The molecule has 0 aromatic carbocycles. The number of aryl methyl sites for hydroxylation is 1. The molecule has 1 saturated carbocycles. The molecule has 0 saturated heterocycles. The fraction of sp³-hybridized carbons (Fsp3) is 0.545. The normalized spacial score (nSPS) is 15.4. The van der Waals surface area contributed by atoms with Crippen LogP contribution in [0.5, 0.6) is 5.75 Å². The molecule has 1 aliphatic carbocycles. The summed E-state index contributed by atoms with van der Waals surface area (Å²) in [6.07, 6.45) is 4.61. The van der Waals surface area contributed by atoms with E-state index in [-0.39, 0.29) is 0 Å². The molecule has 0 unspecified atom stereocenters. The summed E-state index contributed by atoms with van der Waals surface area (Å²) < 4.78 is 5.84. The first kappa shape index (κ1) is 9.31. The van der Waals surface area contributed by atoms with Crippen LogP contribution in [0.4, 0.5) is 5.82 Å². The van der Waals surface area contributed by atoms with E-state index in [9.17, 15) is 0 Å². The highest BCUT2D eigenvalue weighted by Crippen LogP contribution is 2.34. The van der Waals surface area contributed by atoms with Crippen LogP contribution < -0.4 is 9.64 Å². The Hall–Kier alpha value is -1.25. The zero-order valence-corrected chi connectivity index (χ0v) is 8.95. The van der Waals surface area contributed by atoms with E-state index >= 15 is 0 Å². The lowest BCUT2D eigenvalue weighted by atomic mass is 10.2. The minimum Gasteiger partial charge on any atom is -0.486 e. The standard InChI is InChI=1S/C11H16N2O/c1-8-6-7-12-11(13(2)3)10(8)14-9-4-5-9/h6-7,9H,4-5H2,1-3H3. The maximum absolute atomic E-state index is 5.84. The highest BCUT2D eigenvalue weighted by Gasteiger charge is 2.26. The van der Waals surface area contributed by atoms with Crippen LogP contribution in [0.3, 0.4) is 0 Å². The predicted octanol–water partition coefficient (Wildman–Crippen LogP) is 2.00. The molecule has 2 rings (SSSR count). The molecular weight excluding hydrogens is 176 g/mol. The Kier molecular flexibility index (Phi) is 2.32. The highest BCUT2D eigenvalue weighted by atomic mass is 16.5. The van der Waals surface area contributed by atoms with Gasteiger partial charge in [0.15, 0.2) is 11.6 Å². The van der Waals surface area contributed by atoms with Gasteiger partial charge in [0.2, 0.25) is 0 Å². The number of ether oxygens (including phenoxy) is 1. The third-order valence-corrected chi connectivity index (χ3v) is 2.32. The van der Waals surface area contributed by atoms with Gasteiger partial charge in [-0.25, -0.2) is 4.98 Å². The minimum absolute atomic E-state index is 0.427. The molecule has 76 valence electrons. The number of hydrogen-bond acceptors (Lipinski definition) is 3. The molecular formula is C11H16N2O. The van der Waals surface area contributed by atoms with Gasteiger partial charge in [-0.15, -0.1) is 0 Å². The summed E-state index contributed by atoms with van der Waals surface area (Å²) in [6, 6.07) is 1.99. The molecule has 0 amide bonds. The van der Waals surface area contributed by atoms with Gasteiger partial charge in [0, 0.05) is 20.3 Å². The maximum atomic E-state index is 5.84. The molecule has 3 heteroatoms. The molecule has 0 aliphatic heterocycles. The van der Waals surface area contributed by atoms with Gasteiger partial charge in [-0.3, -0.25) is 0 Å². The Morgan fingerprint density at radius 1 is 1.43 bits per heavy atom. The lowest BCUT2D eigenvalue weighted by Gasteiger charge is -2.17. The number of anilines is 1. The Labute approximate surface area is 84.7 Å². The van der Waals surface area contributed by atoms with Crippen LogP contribution in [0.25, 0.3) is 0 Å². The lowest BCUT2D eigenvalue weighted by Crippen LogP contribution is -2.13. The van der Waals surface area contributed by atoms with Crippen molar-refractivity contribution in [1.82, 2.24) is 4.98 Å². The van der Waals surface area contributed by atoms with Gasteiger partial charge in [0.25, 0.3) is 0 Å². The number of hydrogen-bond donors (Lipinski definition) is 0. The molecule has 14 heavy (non-hydrogen) atoms. The van der Waals surface area contributed by atoms with Crippen LogP contribution in [-0.4, -0.2) is 25.2 Å². The second-order valence-corrected chi connectivity index (χ2v) is 3.99. The van der Waals surface area contributed by atoms with E-state index in [0.717, 1.165) is 17.1 Å². The Balaban J connectivity index is 2.31. The third kappa shape index (κ3) is 1.81. The number of rotatable bonds is 3. The molecule has 1 heterocycles. The van der Waals surface area contributed by atoms with Gasteiger partial charge in [0.1, 0.15) is 0 Å². The Morgan fingerprint density at radius 3 is 2.71 bits per heavy atom. The van der Waals surface area contributed by atoms with Crippen molar-refractivity contribution in [3.05, 3.63) is 17.8 Å². The SMILES string of the molecule is Cc1ccnc(N(C)C)c1OC1CC1. The molecule has 0 N–H and O–H groups in total. The van der Waals surface area contributed by atoms with Crippen LogP contribution in [0, 0.1) is 6.92 Å². The predicted molar refractivity (Wildman–Crippen MR) is 57.0 cm³/mol. The summed E-state index contributed by atoms with van der Waals surface area (Å²) in [5.41, 5.74) is 1.16. The zero-order valence-electron chi connectivity index (χ0n) is 8.95. The average Bonchev–Trinajstić information content (AvgIpc) is 2.91. The van der Waals surface area contributed by atoms with Crippen LogP contribution in [-0.2, 0) is 0 Å². The average molecular weight is 192 g/mol. The molecule has 3 nitrogen and oxygen atoms in total. The molecule has 1 aliphatic rings.